The van der Waals surface area contributed by atoms with Gasteiger partial charge in [0.15, 0.2) is 0 Å². The molecule has 8 heteroatoms. The van der Waals surface area contributed by atoms with Crippen molar-refractivity contribution in [3.8, 4) is 0 Å². The molecule has 0 spiro atoms. The molecule has 2 rings (SSSR count). The zero-order valence-electron chi connectivity index (χ0n) is 10.1. The van der Waals surface area contributed by atoms with Crippen LogP contribution in [0, 0.1) is 6.92 Å². The van der Waals surface area contributed by atoms with Crippen LogP contribution in [0.4, 0.5) is 0 Å². The first-order valence-electron chi connectivity index (χ1n) is 5.39. The fourth-order valence-electron chi connectivity index (χ4n) is 1.72. The van der Waals surface area contributed by atoms with Gasteiger partial charge in [-0.25, -0.2) is 0 Å². The third-order valence-electron chi connectivity index (χ3n) is 2.70. The molecule has 0 bridgehead atoms. The van der Waals surface area contributed by atoms with E-state index < -0.39 is 6.10 Å². The van der Waals surface area contributed by atoms with Crippen molar-refractivity contribution in [2.45, 2.75) is 11.2 Å². The Labute approximate surface area is 164 Å². The van der Waals surface area contributed by atoms with Gasteiger partial charge >= 0.3 is 167 Å². The van der Waals surface area contributed by atoms with E-state index in [9.17, 15) is 5.11 Å². The third-order valence-corrected chi connectivity index (χ3v) is 5.73. The van der Waals surface area contributed by atoms with Gasteiger partial charge in [0.25, 0.3) is 0 Å². The molecule has 2 aromatic heterocycles. The van der Waals surface area contributed by atoms with Crippen LogP contribution < -0.4 is 0 Å². The summed E-state index contributed by atoms with van der Waals surface area (Å²) in [5.74, 6) is 0. The number of pyridine rings is 1. The van der Waals surface area contributed by atoms with Crippen molar-refractivity contribution in [1.82, 2.24) is 14.5 Å². The van der Waals surface area contributed by atoms with E-state index in [0.717, 1.165) is 83.0 Å². The van der Waals surface area contributed by atoms with Crippen LogP contribution in [0.3, 0.4) is 0 Å². The number of hydrogen-bond donors (Lipinski definition) is 1. The molecule has 0 aliphatic carbocycles. The Kier molecular flexibility index (Phi) is 5.86. The topological polar surface area (TPSA) is 50.9 Å². The van der Waals surface area contributed by atoms with E-state index in [2.05, 4.69) is 14.5 Å². The fourth-order valence-corrected chi connectivity index (χ4v) is 4.46. The summed E-state index contributed by atoms with van der Waals surface area (Å²) in [5, 5.41) is 11.0. The second kappa shape index (κ2) is 6.65. The van der Waals surface area contributed by atoms with Crippen LogP contribution in [0.2, 0.25) is 5.02 Å². The monoisotopic (exact) mass is 858 g/mol. The molecule has 0 aromatic carbocycles. The zero-order valence-corrected chi connectivity index (χ0v) is 22.5. The summed E-state index contributed by atoms with van der Waals surface area (Å²) in [5.41, 5.74) is 2.32. The Hall–Kier alpha value is 1.38. The Balaban J connectivity index is 2.37. The first-order valence-corrected chi connectivity index (χ1v) is 11.6. The molecule has 1 N–H and O–H groups in total. The average Bonchev–Trinajstić information content (AvgIpc) is 2.71. The third kappa shape index (κ3) is 3.97. The van der Waals surface area contributed by atoms with Crippen molar-refractivity contribution in [2.75, 3.05) is 0 Å². The van der Waals surface area contributed by atoms with Crippen molar-refractivity contribution in [2.24, 2.45) is 0 Å². The maximum absolute atomic E-state index is 10.4. The maximum atomic E-state index is 10.4. The first-order chi connectivity index (χ1) is 8.80. The Bertz CT molecular complexity index is 580. The van der Waals surface area contributed by atoms with Crippen LogP contribution in [-0.4, -0.2) is 96.9 Å². The molecule has 0 aliphatic heterocycles. The summed E-state index contributed by atoms with van der Waals surface area (Å²) in [6.45, 7) is 2.02. The molecule has 0 saturated carbocycles. The summed E-state index contributed by atoms with van der Waals surface area (Å²) < 4.78 is 2.58. The number of hydrogen-bond acceptors (Lipinski definition) is 3. The summed E-state index contributed by atoms with van der Waals surface area (Å²) in [6, 6.07) is 3.47. The van der Waals surface area contributed by atoms with Gasteiger partial charge in [0.05, 0.1) is 0 Å². The van der Waals surface area contributed by atoms with Gasteiger partial charge in [-0.2, -0.15) is 0 Å². The van der Waals surface area contributed by atoms with Crippen molar-refractivity contribution >= 4 is 88.9 Å². The van der Waals surface area contributed by atoms with Gasteiger partial charge in [-0.15, -0.1) is 0 Å². The molecule has 9 radical (unpaired) electrons. The quantitative estimate of drug-likeness (QED) is 0.456. The van der Waals surface area contributed by atoms with Crippen molar-refractivity contribution in [1.29, 1.82) is 0 Å². The molecule has 0 saturated heterocycles. The molecule has 93 valence electrons. The van der Waals surface area contributed by atoms with E-state index in [1.54, 1.807) is 18.3 Å². The van der Waals surface area contributed by atoms with E-state index in [4.69, 9.17) is 11.6 Å². The molecule has 0 fully saturated rings. The summed E-state index contributed by atoms with van der Waals surface area (Å²) in [7, 11) is 0. The van der Waals surface area contributed by atoms with Crippen molar-refractivity contribution < 1.29 is 5.11 Å². The van der Waals surface area contributed by atoms with Gasteiger partial charge in [0.1, 0.15) is 0 Å². The van der Waals surface area contributed by atoms with E-state index in [0.29, 0.717) is 14.6 Å². The summed E-state index contributed by atoms with van der Waals surface area (Å²) in [4.78, 5) is 8.55. The molecule has 0 amide bonds. The zero-order chi connectivity index (χ0) is 14.2. The van der Waals surface area contributed by atoms with Crippen LogP contribution in [0.5, 0.6) is 0 Å². The second-order valence-electron chi connectivity index (χ2n) is 4.10. The SMILES string of the molecule is Cc1c(C(O)c2ccc(Cl)cn2)ncn1[C]([Pb])([Pb])[Pb]. The first kappa shape index (κ1) is 16.7. The van der Waals surface area contributed by atoms with Gasteiger partial charge in [-0.3, -0.25) is 0 Å². The van der Waals surface area contributed by atoms with Crippen LogP contribution >= 0.6 is 11.6 Å². The second-order valence-corrected chi connectivity index (χ2v) is 35.6. The van der Waals surface area contributed by atoms with E-state index >= 15 is 0 Å². The molecule has 19 heavy (non-hydrogen) atoms. The Morgan fingerprint density at radius 1 is 1.32 bits per heavy atom. The number of imidazole rings is 1. The number of rotatable bonds is 3. The number of aromatic nitrogens is 3. The van der Waals surface area contributed by atoms with Crippen molar-refractivity contribution in [3.05, 3.63) is 46.8 Å². The molecule has 2 heterocycles. The molecular weight excluding hydrogens is 847 g/mol. The molecule has 0 aliphatic rings. The summed E-state index contributed by atoms with van der Waals surface area (Å²) in [6.07, 6.45) is 2.62. The number of aliphatic hydroxyl groups excluding tert-OH is 1. The van der Waals surface area contributed by atoms with Crippen LogP contribution in [0.1, 0.15) is 23.2 Å². The molecule has 2 aromatic rings. The van der Waals surface area contributed by atoms with Crippen LogP contribution in [0.15, 0.2) is 24.7 Å². The fraction of sp³-hybridized carbons (Fsp3) is 0.273. The van der Waals surface area contributed by atoms with Crippen LogP contribution in [0.25, 0.3) is 0 Å². The van der Waals surface area contributed by atoms with Gasteiger partial charge in [0.2, 0.25) is 0 Å². The summed E-state index contributed by atoms with van der Waals surface area (Å²) >= 11 is 9.18. The van der Waals surface area contributed by atoms with E-state index in [1.165, 1.54) is 0 Å². The van der Waals surface area contributed by atoms with E-state index in [-0.39, 0.29) is 0 Å². The molecular formula is C11H9ClN3OPb3. The van der Waals surface area contributed by atoms with Gasteiger partial charge in [0, 0.05) is 0 Å². The van der Waals surface area contributed by atoms with Crippen LogP contribution in [-0.2, 0) is -1.78 Å². The predicted octanol–water partition coefficient (Wildman–Crippen LogP) is 0.395. The van der Waals surface area contributed by atoms with Gasteiger partial charge < -0.3 is 0 Å². The standard InChI is InChI=1S/C11H9ClN3O.3Pb/c1-7-10(14-6-15(7)2)11(16)9-4-3-8(12)5-13-9;;;/h3-6,11,16H,1H3;;;. The van der Waals surface area contributed by atoms with Crippen molar-refractivity contribution in [3.63, 3.8) is 0 Å². The van der Waals surface area contributed by atoms with E-state index in [1.807, 2.05) is 13.3 Å². The number of nitrogens with zero attached hydrogens (tertiary/aromatic N) is 3. The minimum absolute atomic E-state index is 0.350. The molecule has 4 nitrogen and oxygen atoms in total. The predicted molar refractivity (Wildman–Crippen MR) is 75.5 cm³/mol. The molecule has 1 atom stereocenters. The average molecular weight is 856 g/mol. The minimum atomic E-state index is -0.786. The number of aliphatic hydroxyl groups is 1. The molecule has 1 unspecified atom stereocenters. The van der Waals surface area contributed by atoms with Gasteiger partial charge in [-0.05, 0) is 0 Å². The normalized spacial score (nSPS) is 13.6. The Morgan fingerprint density at radius 2 is 2.00 bits per heavy atom. The van der Waals surface area contributed by atoms with Gasteiger partial charge in [-0.1, -0.05) is 0 Å². The Morgan fingerprint density at radius 3 is 2.47 bits per heavy atom. The number of halogens is 1.